The zero-order chi connectivity index (χ0) is 10.7. The number of nitrogens with zero attached hydrogens (tertiary/aromatic N) is 1. The van der Waals surface area contributed by atoms with Gasteiger partial charge in [-0.3, -0.25) is 0 Å². The van der Waals surface area contributed by atoms with E-state index in [1.165, 1.54) is 45.2 Å². The average Bonchev–Trinajstić information content (AvgIpc) is 2.29. The van der Waals surface area contributed by atoms with Gasteiger partial charge in [0.05, 0.1) is 0 Å². The first kappa shape index (κ1) is 11.4. The van der Waals surface area contributed by atoms with Crippen LogP contribution in [0.1, 0.15) is 45.4 Å². The van der Waals surface area contributed by atoms with E-state index in [2.05, 4.69) is 11.8 Å². The Morgan fingerprint density at radius 3 is 2.67 bits per heavy atom. The molecule has 1 heterocycles. The van der Waals surface area contributed by atoms with Gasteiger partial charge in [0.15, 0.2) is 0 Å². The molecule has 0 radical (unpaired) electrons. The quantitative estimate of drug-likeness (QED) is 0.774. The van der Waals surface area contributed by atoms with Crippen LogP contribution in [-0.4, -0.2) is 30.6 Å². The topological polar surface area (TPSA) is 29.3 Å². The van der Waals surface area contributed by atoms with Gasteiger partial charge in [-0.25, -0.2) is 0 Å². The highest BCUT2D eigenvalue weighted by Crippen LogP contribution is 2.35. The molecule has 2 fully saturated rings. The highest BCUT2D eigenvalue weighted by Gasteiger charge is 2.31. The van der Waals surface area contributed by atoms with E-state index < -0.39 is 0 Å². The van der Waals surface area contributed by atoms with Crippen molar-refractivity contribution in [2.45, 2.75) is 51.5 Å². The summed E-state index contributed by atoms with van der Waals surface area (Å²) in [6, 6.07) is 0.394. The SMILES string of the molecule is CCC(N)CN1CCC2CCCCC2C1. The van der Waals surface area contributed by atoms with Crippen LogP contribution in [0.15, 0.2) is 0 Å². The molecule has 2 heteroatoms. The lowest BCUT2D eigenvalue weighted by atomic mass is 9.75. The predicted molar refractivity (Wildman–Crippen MR) is 64.8 cm³/mol. The number of nitrogens with two attached hydrogens (primary N) is 1. The van der Waals surface area contributed by atoms with Crippen LogP contribution in [-0.2, 0) is 0 Å². The van der Waals surface area contributed by atoms with Crippen LogP contribution in [0.2, 0.25) is 0 Å². The summed E-state index contributed by atoms with van der Waals surface area (Å²) in [7, 11) is 0. The standard InChI is InChI=1S/C13H26N2/c1-2-13(14)10-15-8-7-11-5-3-4-6-12(11)9-15/h11-13H,2-10,14H2,1H3. The Kier molecular flexibility index (Phi) is 4.04. The van der Waals surface area contributed by atoms with Gasteiger partial charge in [0, 0.05) is 19.1 Å². The first-order chi connectivity index (χ1) is 7.29. The average molecular weight is 210 g/mol. The predicted octanol–water partition coefficient (Wildman–Crippen LogP) is 2.24. The molecule has 0 amide bonds. The van der Waals surface area contributed by atoms with E-state index in [-0.39, 0.29) is 0 Å². The summed E-state index contributed by atoms with van der Waals surface area (Å²) >= 11 is 0. The maximum Gasteiger partial charge on any atom is 0.0165 e. The summed E-state index contributed by atoms with van der Waals surface area (Å²) < 4.78 is 0. The Labute approximate surface area is 94.2 Å². The maximum atomic E-state index is 6.03. The molecule has 2 N–H and O–H groups in total. The molecule has 3 unspecified atom stereocenters. The number of hydrogen-bond acceptors (Lipinski definition) is 2. The molecule has 88 valence electrons. The van der Waals surface area contributed by atoms with Crippen molar-refractivity contribution in [2.75, 3.05) is 19.6 Å². The third kappa shape index (κ3) is 2.94. The minimum Gasteiger partial charge on any atom is -0.327 e. The number of piperidine rings is 1. The first-order valence-corrected chi connectivity index (χ1v) is 6.77. The van der Waals surface area contributed by atoms with Gasteiger partial charge >= 0.3 is 0 Å². The number of fused-ring (bicyclic) bond motifs is 1. The second-order valence-corrected chi connectivity index (χ2v) is 5.52. The van der Waals surface area contributed by atoms with Gasteiger partial charge in [-0.15, -0.1) is 0 Å². The molecule has 15 heavy (non-hydrogen) atoms. The lowest BCUT2D eigenvalue weighted by molar-refractivity contribution is 0.0825. The Morgan fingerprint density at radius 2 is 1.93 bits per heavy atom. The molecule has 2 aliphatic rings. The van der Waals surface area contributed by atoms with Crippen LogP contribution in [0.4, 0.5) is 0 Å². The lowest BCUT2D eigenvalue weighted by Crippen LogP contribution is -2.46. The van der Waals surface area contributed by atoms with Crippen molar-refractivity contribution in [2.24, 2.45) is 17.6 Å². The van der Waals surface area contributed by atoms with Gasteiger partial charge in [-0.05, 0) is 37.6 Å². The van der Waals surface area contributed by atoms with E-state index in [0.717, 1.165) is 24.8 Å². The Bertz CT molecular complexity index is 193. The molecule has 2 rings (SSSR count). The fourth-order valence-corrected chi connectivity index (χ4v) is 3.30. The van der Waals surface area contributed by atoms with Crippen molar-refractivity contribution in [3.05, 3.63) is 0 Å². The normalized spacial score (nSPS) is 34.8. The van der Waals surface area contributed by atoms with Crippen molar-refractivity contribution < 1.29 is 0 Å². The minimum atomic E-state index is 0.394. The van der Waals surface area contributed by atoms with Gasteiger partial charge in [-0.1, -0.05) is 26.2 Å². The first-order valence-electron chi connectivity index (χ1n) is 6.77. The van der Waals surface area contributed by atoms with Crippen molar-refractivity contribution in [3.8, 4) is 0 Å². The van der Waals surface area contributed by atoms with Crippen molar-refractivity contribution in [1.82, 2.24) is 4.90 Å². The summed E-state index contributed by atoms with van der Waals surface area (Å²) in [4.78, 5) is 2.61. The van der Waals surface area contributed by atoms with E-state index in [4.69, 9.17) is 5.73 Å². The van der Waals surface area contributed by atoms with Gasteiger partial charge in [-0.2, -0.15) is 0 Å². The van der Waals surface area contributed by atoms with E-state index in [9.17, 15) is 0 Å². The van der Waals surface area contributed by atoms with Crippen LogP contribution >= 0.6 is 0 Å². The Balaban J connectivity index is 1.80. The Hall–Kier alpha value is -0.0800. The second kappa shape index (κ2) is 5.31. The van der Waals surface area contributed by atoms with E-state index >= 15 is 0 Å². The molecule has 0 bridgehead atoms. The summed E-state index contributed by atoms with van der Waals surface area (Å²) in [5.74, 6) is 2.05. The van der Waals surface area contributed by atoms with Crippen molar-refractivity contribution >= 4 is 0 Å². The van der Waals surface area contributed by atoms with Crippen molar-refractivity contribution in [1.29, 1.82) is 0 Å². The lowest BCUT2D eigenvalue weighted by Gasteiger charge is -2.42. The van der Waals surface area contributed by atoms with Gasteiger partial charge in [0.2, 0.25) is 0 Å². The third-order valence-corrected chi connectivity index (χ3v) is 4.39. The zero-order valence-electron chi connectivity index (χ0n) is 10.1. The second-order valence-electron chi connectivity index (χ2n) is 5.52. The summed E-state index contributed by atoms with van der Waals surface area (Å²) in [5.41, 5.74) is 6.03. The molecule has 3 atom stereocenters. The van der Waals surface area contributed by atoms with Crippen LogP contribution in [0, 0.1) is 11.8 Å². The molecular formula is C13H26N2. The van der Waals surface area contributed by atoms with Gasteiger partial charge in [0.1, 0.15) is 0 Å². The molecular weight excluding hydrogens is 184 g/mol. The molecule has 2 nitrogen and oxygen atoms in total. The number of rotatable bonds is 3. The molecule has 1 aliphatic carbocycles. The summed E-state index contributed by atoms with van der Waals surface area (Å²) in [5, 5.41) is 0. The molecule has 1 aliphatic heterocycles. The minimum absolute atomic E-state index is 0.394. The summed E-state index contributed by atoms with van der Waals surface area (Å²) in [6.45, 7) is 5.95. The Morgan fingerprint density at radius 1 is 1.20 bits per heavy atom. The van der Waals surface area contributed by atoms with Gasteiger partial charge in [0.25, 0.3) is 0 Å². The van der Waals surface area contributed by atoms with E-state index in [1.807, 2.05) is 0 Å². The smallest absolute Gasteiger partial charge is 0.0165 e. The fourth-order valence-electron chi connectivity index (χ4n) is 3.30. The molecule has 1 saturated heterocycles. The van der Waals surface area contributed by atoms with Crippen LogP contribution in [0.3, 0.4) is 0 Å². The molecule has 0 spiro atoms. The highest BCUT2D eigenvalue weighted by atomic mass is 15.1. The molecule has 0 aromatic carbocycles. The van der Waals surface area contributed by atoms with Crippen molar-refractivity contribution in [3.63, 3.8) is 0 Å². The zero-order valence-corrected chi connectivity index (χ0v) is 10.1. The maximum absolute atomic E-state index is 6.03. The molecule has 1 saturated carbocycles. The number of hydrogen-bond donors (Lipinski definition) is 1. The summed E-state index contributed by atoms with van der Waals surface area (Å²) in [6.07, 6.45) is 8.47. The van der Waals surface area contributed by atoms with E-state index in [1.54, 1.807) is 0 Å². The molecule has 0 aromatic rings. The highest BCUT2D eigenvalue weighted by molar-refractivity contribution is 4.84. The fraction of sp³-hybridized carbons (Fsp3) is 1.00. The number of likely N-dealkylation sites (tertiary alicyclic amines) is 1. The molecule has 0 aromatic heterocycles. The largest absolute Gasteiger partial charge is 0.327 e. The van der Waals surface area contributed by atoms with Crippen LogP contribution < -0.4 is 5.73 Å². The van der Waals surface area contributed by atoms with Crippen LogP contribution in [0.5, 0.6) is 0 Å². The van der Waals surface area contributed by atoms with Gasteiger partial charge < -0.3 is 10.6 Å². The monoisotopic (exact) mass is 210 g/mol. The van der Waals surface area contributed by atoms with Crippen LogP contribution in [0.25, 0.3) is 0 Å². The van der Waals surface area contributed by atoms with E-state index in [0.29, 0.717) is 6.04 Å². The third-order valence-electron chi connectivity index (χ3n) is 4.39.